The van der Waals surface area contributed by atoms with E-state index in [0.29, 0.717) is 5.56 Å². The van der Waals surface area contributed by atoms with E-state index in [4.69, 9.17) is 0 Å². The summed E-state index contributed by atoms with van der Waals surface area (Å²) in [6.45, 7) is 2.65. The van der Waals surface area contributed by atoms with Crippen LogP contribution in [0.3, 0.4) is 0 Å². The van der Waals surface area contributed by atoms with Crippen LogP contribution in [0.4, 0.5) is 13.2 Å². The quantitative estimate of drug-likeness (QED) is 0.579. The number of halogens is 3. The standard InChI is InChI=1S/C13H12F3NO2/c1-8-3-5-10-9(7-8)4-6-11(17(18)19)12(10,2)13(14,15)16/h3-7,11H,1-2H3. The van der Waals surface area contributed by atoms with Crippen LogP contribution in [0.25, 0.3) is 6.08 Å². The van der Waals surface area contributed by atoms with Crippen molar-refractivity contribution in [1.29, 1.82) is 0 Å². The van der Waals surface area contributed by atoms with Gasteiger partial charge in [-0.1, -0.05) is 29.8 Å². The average Bonchev–Trinajstić information content (AvgIpc) is 2.26. The van der Waals surface area contributed by atoms with Crippen LogP contribution in [-0.2, 0) is 5.41 Å². The topological polar surface area (TPSA) is 43.1 Å². The molecule has 102 valence electrons. The van der Waals surface area contributed by atoms with Gasteiger partial charge in [0, 0.05) is 4.92 Å². The molecule has 1 aliphatic carbocycles. The van der Waals surface area contributed by atoms with Gasteiger partial charge in [0.25, 0.3) is 0 Å². The van der Waals surface area contributed by atoms with Crippen molar-refractivity contribution in [1.82, 2.24) is 0 Å². The molecule has 0 saturated heterocycles. The molecular weight excluding hydrogens is 259 g/mol. The zero-order valence-corrected chi connectivity index (χ0v) is 10.4. The van der Waals surface area contributed by atoms with Gasteiger partial charge in [-0.3, -0.25) is 10.1 Å². The lowest BCUT2D eigenvalue weighted by atomic mass is 9.70. The Labute approximate surface area is 107 Å². The molecule has 1 aliphatic rings. The van der Waals surface area contributed by atoms with Gasteiger partial charge < -0.3 is 0 Å². The van der Waals surface area contributed by atoms with Crippen LogP contribution in [-0.4, -0.2) is 17.1 Å². The summed E-state index contributed by atoms with van der Waals surface area (Å²) in [5, 5.41) is 10.9. The number of fused-ring (bicyclic) bond motifs is 1. The minimum atomic E-state index is -4.69. The van der Waals surface area contributed by atoms with Crippen LogP contribution in [0.15, 0.2) is 24.3 Å². The van der Waals surface area contributed by atoms with Crippen molar-refractivity contribution < 1.29 is 18.1 Å². The summed E-state index contributed by atoms with van der Waals surface area (Å²) in [4.78, 5) is 10.1. The smallest absolute Gasteiger partial charge is 0.264 e. The number of aryl methyl sites for hydroxylation is 1. The van der Waals surface area contributed by atoms with E-state index in [1.54, 1.807) is 19.1 Å². The molecule has 2 atom stereocenters. The zero-order valence-electron chi connectivity index (χ0n) is 10.4. The molecule has 0 aliphatic heterocycles. The number of nitro groups is 1. The number of alkyl halides is 3. The third-order valence-electron chi connectivity index (χ3n) is 3.63. The minimum absolute atomic E-state index is 0.0465. The maximum absolute atomic E-state index is 13.4. The first kappa shape index (κ1) is 13.6. The SMILES string of the molecule is Cc1ccc2c(c1)C=CC([N+](=O)[O-])C2(C)C(F)(F)F. The third-order valence-corrected chi connectivity index (χ3v) is 3.63. The molecule has 2 rings (SSSR count). The number of rotatable bonds is 1. The first-order valence-corrected chi connectivity index (χ1v) is 5.67. The van der Waals surface area contributed by atoms with Crippen molar-refractivity contribution in [3.8, 4) is 0 Å². The molecule has 0 saturated carbocycles. The van der Waals surface area contributed by atoms with Gasteiger partial charge >= 0.3 is 6.18 Å². The highest BCUT2D eigenvalue weighted by Gasteiger charge is 2.63. The summed E-state index contributed by atoms with van der Waals surface area (Å²) in [5.74, 6) is 0. The number of benzene rings is 1. The number of hydrogen-bond donors (Lipinski definition) is 0. The van der Waals surface area contributed by atoms with E-state index in [0.717, 1.165) is 18.6 Å². The van der Waals surface area contributed by atoms with E-state index in [9.17, 15) is 23.3 Å². The Kier molecular flexibility index (Phi) is 2.91. The molecule has 0 radical (unpaired) electrons. The second-order valence-electron chi connectivity index (χ2n) is 4.88. The molecular formula is C13H12F3NO2. The summed E-state index contributed by atoms with van der Waals surface area (Å²) < 4.78 is 40.1. The maximum Gasteiger partial charge on any atom is 0.405 e. The Morgan fingerprint density at radius 1 is 1.37 bits per heavy atom. The van der Waals surface area contributed by atoms with Gasteiger partial charge in [0.15, 0.2) is 5.41 Å². The predicted molar refractivity (Wildman–Crippen MR) is 64.4 cm³/mol. The molecule has 0 N–H and O–H groups in total. The van der Waals surface area contributed by atoms with Crippen molar-refractivity contribution >= 4 is 6.08 Å². The minimum Gasteiger partial charge on any atom is -0.264 e. The largest absolute Gasteiger partial charge is 0.405 e. The van der Waals surface area contributed by atoms with E-state index in [-0.39, 0.29) is 5.56 Å². The summed E-state index contributed by atoms with van der Waals surface area (Å²) >= 11 is 0. The van der Waals surface area contributed by atoms with Gasteiger partial charge in [-0.2, -0.15) is 13.2 Å². The van der Waals surface area contributed by atoms with E-state index in [1.807, 2.05) is 0 Å². The molecule has 1 aromatic carbocycles. The normalized spacial score (nSPS) is 26.1. The molecule has 3 nitrogen and oxygen atoms in total. The highest BCUT2D eigenvalue weighted by atomic mass is 19.4. The van der Waals surface area contributed by atoms with Gasteiger partial charge in [0.05, 0.1) is 0 Å². The van der Waals surface area contributed by atoms with Crippen molar-refractivity contribution in [2.75, 3.05) is 0 Å². The van der Waals surface area contributed by atoms with Gasteiger partial charge in [0.1, 0.15) is 0 Å². The zero-order chi connectivity index (χ0) is 14.4. The van der Waals surface area contributed by atoms with Crippen molar-refractivity contribution in [3.05, 3.63) is 51.1 Å². The first-order valence-electron chi connectivity index (χ1n) is 5.67. The summed E-state index contributed by atoms with van der Waals surface area (Å²) in [6, 6.07) is 2.67. The molecule has 0 fully saturated rings. The third kappa shape index (κ3) is 1.91. The molecule has 0 amide bonds. The molecule has 19 heavy (non-hydrogen) atoms. The Balaban J connectivity index is 2.72. The summed E-state index contributed by atoms with van der Waals surface area (Å²) in [5.41, 5.74) is -1.35. The Morgan fingerprint density at radius 3 is 2.53 bits per heavy atom. The summed E-state index contributed by atoms with van der Waals surface area (Å²) in [6.07, 6.45) is -2.28. The van der Waals surface area contributed by atoms with Gasteiger partial charge in [-0.15, -0.1) is 0 Å². The van der Waals surface area contributed by atoms with Crippen LogP contribution in [0.5, 0.6) is 0 Å². The van der Waals surface area contributed by atoms with E-state index in [1.165, 1.54) is 12.1 Å². The lowest BCUT2D eigenvalue weighted by Crippen LogP contribution is -2.53. The van der Waals surface area contributed by atoms with Gasteiger partial charge in [-0.05, 0) is 31.1 Å². The van der Waals surface area contributed by atoms with E-state index >= 15 is 0 Å². The number of hydrogen-bond acceptors (Lipinski definition) is 2. The highest BCUT2D eigenvalue weighted by molar-refractivity contribution is 5.62. The molecule has 2 unspecified atom stereocenters. The molecule has 0 spiro atoms. The van der Waals surface area contributed by atoms with Crippen molar-refractivity contribution in [3.63, 3.8) is 0 Å². The van der Waals surface area contributed by atoms with Crippen LogP contribution in [0, 0.1) is 17.0 Å². The van der Waals surface area contributed by atoms with Crippen molar-refractivity contribution in [2.45, 2.75) is 31.5 Å². The number of nitrogens with zero attached hydrogens (tertiary/aromatic N) is 1. The molecule has 6 heteroatoms. The molecule has 0 aromatic heterocycles. The molecule has 0 bridgehead atoms. The van der Waals surface area contributed by atoms with Gasteiger partial charge in [0.2, 0.25) is 6.04 Å². The highest BCUT2D eigenvalue weighted by Crippen LogP contribution is 2.48. The van der Waals surface area contributed by atoms with Gasteiger partial charge in [-0.25, -0.2) is 0 Å². The second kappa shape index (κ2) is 4.08. The first-order chi connectivity index (χ1) is 8.68. The van der Waals surface area contributed by atoms with Crippen molar-refractivity contribution in [2.24, 2.45) is 0 Å². The van der Waals surface area contributed by atoms with E-state index in [2.05, 4.69) is 0 Å². The molecule has 0 heterocycles. The fourth-order valence-corrected chi connectivity index (χ4v) is 2.44. The second-order valence-corrected chi connectivity index (χ2v) is 4.88. The fraction of sp³-hybridized carbons (Fsp3) is 0.385. The lowest BCUT2D eigenvalue weighted by Gasteiger charge is -2.36. The lowest BCUT2D eigenvalue weighted by molar-refractivity contribution is -0.531. The van der Waals surface area contributed by atoms with Crippen LogP contribution >= 0.6 is 0 Å². The predicted octanol–water partition coefficient (Wildman–Crippen LogP) is 3.49. The molecule has 1 aromatic rings. The van der Waals surface area contributed by atoms with Crippen LogP contribution < -0.4 is 0 Å². The average molecular weight is 271 g/mol. The Bertz CT molecular complexity index is 565. The monoisotopic (exact) mass is 271 g/mol. The Morgan fingerprint density at radius 2 is 2.00 bits per heavy atom. The van der Waals surface area contributed by atoms with E-state index < -0.39 is 22.6 Å². The van der Waals surface area contributed by atoms with Crippen LogP contribution in [0.1, 0.15) is 23.6 Å². The maximum atomic E-state index is 13.4. The Hall–Kier alpha value is -1.85. The fourth-order valence-electron chi connectivity index (χ4n) is 2.44. The summed E-state index contributed by atoms with van der Waals surface area (Å²) in [7, 11) is 0. The van der Waals surface area contributed by atoms with Crippen LogP contribution in [0.2, 0.25) is 0 Å².